The fourth-order valence-electron chi connectivity index (χ4n) is 2.47. The first kappa shape index (κ1) is 16.0. The van der Waals surface area contributed by atoms with Crippen LogP contribution in [0.1, 0.15) is 23.6 Å². The summed E-state index contributed by atoms with van der Waals surface area (Å²) in [5, 5.41) is 3.99. The summed E-state index contributed by atoms with van der Waals surface area (Å²) in [7, 11) is 0. The molecule has 0 fully saturated rings. The average Bonchev–Trinajstić information content (AvgIpc) is 2.44. The molecule has 0 amide bonds. The highest BCUT2D eigenvalue weighted by molar-refractivity contribution is 6.31. The number of hydrogen-bond acceptors (Lipinski definition) is 1. The topological polar surface area (TPSA) is 12.0 Å². The van der Waals surface area contributed by atoms with E-state index in [-0.39, 0.29) is 5.82 Å². The third-order valence-corrected chi connectivity index (χ3v) is 3.93. The van der Waals surface area contributed by atoms with Crippen LogP contribution in [0.5, 0.6) is 0 Å². The second kappa shape index (κ2) is 7.58. The van der Waals surface area contributed by atoms with Gasteiger partial charge in [-0.15, -0.1) is 0 Å². The van der Waals surface area contributed by atoms with E-state index in [4.69, 9.17) is 11.6 Å². The van der Waals surface area contributed by atoms with Crippen LogP contribution in [0.15, 0.2) is 42.5 Å². The number of nitrogens with one attached hydrogen (secondary N) is 1. The zero-order valence-electron chi connectivity index (χ0n) is 12.5. The number of halogens is 2. The van der Waals surface area contributed by atoms with E-state index in [0.29, 0.717) is 11.1 Å². The van der Waals surface area contributed by atoms with Gasteiger partial charge in [-0.05, 0) is 49.6 Å². The fraction of sp³-hybridized carbons (Fsp3) is 0.333. The number of benzene rings is 2. The van der Waals surface area contributed by atoms with Gasteiger partial charge in [-0.2, -0.15) is 0 Å². The van der Waals surface area contributed by atoms with Crippen molar-refractivity contribution in [3.8, 4) is 0 Å². The Kier molecular flexibility index (Phi) is 5.77. The van der Waals surface area contributed by atoms with E-state index in [1.807, 2.05) is 0 Å². The number of likely N-dealkylation sites (N-methyl/N-ethyl adjacent to an activating group) is 1. The van der Waals surface area contributed by atoms with Crippen molar-refractivity contribution >= 4 is 11.6 Å². The molecule has 0 saturated carbocycles. The number of rotatable bonds is 6. The fourth-order valence-corrected chi connectivity index (χ4v) is 2.71. The lowest BCUT2D eigenvalue weighted by Crippen LogP contribution is -2.33. The van der Waals surface area contributed by atoms with Gasteiger partial charge in [-0.1, -0.05) is 54.4 Å². The van der Waals surface area contributed by atoms with Gasteiger partial charge in [0.15, 0.2) is 0 Å². The van der Waals surface area contributed by atoms with Crippen LogP contribution < -0.4 is 5.32 Å². The summed E-state index contributed by atoms with van der Waals surface area (Å²) in [4.78, 5) is 0. The van der Waals surface area contributed by atoms with Crippen LogP contribution in [0.25, 0.3) is 0 Å². The first-order chi connectivity index (χ1) is 10.1. The quantitative estimate of drug-likeness (QED) is 0.825. The lowest BCUT2D eigenvalue weighted by molar-refractivity contribution is 0.521. The van der Waals surface area contributed by atoms with Crippen LogP contribution in [-0.4, -0.2) is 12.6 Å². The molecular formula is C18H21ClFN. The van der Waals surface area contributed by atoms with Gasteiger partial charge in [-0.3, -0.25) is 0 Å². The Hall–Kier alpha value is -1.38. The van der Waals surface area contributed by atoms with Crippen LogP contribution in [0.4, 0.5) is 4.39 Å². The van der Waals surface area contributed by atoms with Crippen LogP contribution in [0.2, 0.25) is 5.02 Å². The molecule has 0 bridgehead atoms. The molecule has 2 aromatic carbocycles. The summed E-state index contributed by atoms with van der Waals surface area (Å²) in [5.41, 5.74) is 3.54. The van der Waals surface area contributed by atoms with Crippen molar-refractivity contribution in [2.45, 2.75) is 32.7 Å². The third-order valence-electron chi connectivity index (χ3n) is 3.58. The molecule has 1 nitrogen and oxygen atoms in total. The summed E-state index contributed by atoms with van der Waals surface area (Å²) in [5.74, 6) is -0.290. The summed E-state index contributed by atoms with van der Waals surface area (Å²) in [6.07, 6.45) is 1.72. The first-order valence-corrected chi connectivity index (χ1v) is 7.69. The lowest BCUT2D eigenvalue weighted by Gasteiger charge is -2.19. The molecule has 112 valence electrons. The highest BCUT2D eigenvalue weighted by Gasteiger charge is 2.12. The summed E-state index contributed by atoms with van der Waals surface area (Å²) >= 11 is 6.13. The van der Waals surface area contributed by atoms with Crippen molar-refractivity contribution in [2.24, 2.45) is 0 Å². The van der Waals surface area contributed by atoms with E-state index >= 15 is 0 Å². The van der Waals surface area contributed by atoms with Gasteiger partial charge in [0.05, 0.1) is 0 Å². The Labute approximate surface area is 131 Å². The summed E-state index contributed by atoms with van der Waals surface area (Å²) in [6, 6.07) is 13.5. The molecule has 21 heavy (non-hydrogen) atoms. The van der Waals surface area contributed by atoms with E-state index in [1.165, 1.54) is 23.3 Å². The highest BCUT2D eigenvalue weighted by atomic mass is 35.5. The van der Waals surface area contributed by atoms with E-state index < -0.39 is 0 Å². The van der Waals surface area contributed by atoms with Gasteiger partial charge in [0.25, 0.3) is 0 Å². The molecule has 0 spiro atoms. The molecule has 2 aromatic rings. The smallest absolute Gasteiger partial charge is 0.124 e. The molecule has 2 rings (SSSR count). The number of aryl methyl sites for hydroxylation is 1. The Morgan fingerprint density at radius 1 is 1.10 bits per heavy atom. The zero-order valence-corrected chi connectivity index (χ0v) is 13.3. The standard InChI is InChI=1S/C18H21ClFN/c1-3-21-17(10-14-6-4-13(2)5-7-14)11-15-8-9-16(20)12-18(15)19/h4-9,12,17,21H,3,10-11H2,1-2H3. The van der Waals surface area contributed by atoms with E-state index in [2.05, 4.69) is 43.4 Å². The highest BCUT2D eigenvalue weighted by Crippen LogP contribution is 2.20. The minimum Gasteiger partial charge on any atom is -0.314 e. The van der Waals surface area contributed by atoms with Crippen molar-refractivity contribution in [3.63, 3.8) is 0 Å². The predicted octanol–water partition coefficient (Wildman–Crippen LogP) is 4.55. The maximum absolute atomic E-state index is 13.1. The van der Waals surface area contributed by atoms with Gasteiger partial charge in [0.1, 0.15) is 5.82 Å². The van der Waals surface area contributed by atoms with Crippen LogP contribution in [-0.2, 0) is 12.8 Å². The molecule has 1 unspecified atom stereocenters. The third kappa shape index (κ3) is 4.83. The molecule has 0 radical (unpaired) electrons. The van der Waals surface area contributed by atoms with Crippen LogP contribution in [0.3, 0.4) is 0 Å². The first-order valence-electron chi connectivity index (χ1n) is 7.31. The van der Waals surface area contributed by atoms with Crippen molar-refractivity contribution in [2.75, 3.05) is 6.54 Å². The van der Waals surface area contributed by atoms with E-state index in [9.17, 15) is 4.39 Å². The Bertz CT molecular complexity index is 580. The lowest BCUT2D eigenvalue weighted by atomic mass is 9.98. The Balaban J connectivity index is 2.09. The zero-order chi connectivity index (χ0) is 15.2. The van der Waals surface area contributed by atoms with Crippen molar-refractivity contribution in [1.82, 2.24) is 5.32 Å². The monoisotopic (exact) mass is 305 g/mol. The SMILES string of the molecule is CCNC(Cc1ccc(C)cc1)Cc1ccc(F)cc1Cl. The Morgan fingerprint density at radius 3 is 2.43 bits per heavy atom. The molecule has 1 N–H and O–H groups in total. The van der Waals surface area contributed by atoms with E-state index in [0.717, 1.165) is 24.9 Å². The molecule has 0 aliphatic carbocycles. The molecule has 0 aromatic heterocycles. The predicted molar refractivity (Wildman–Crippen MR) is 87.5 cm³/mol. The summed E-state index contributed by atoms with van der Waals surface area (Å²) in [6.45, 7) is 5.08. The number of hydrogen-bond donors (Lipinski definition) is 1. The van der Waals surface area contributed by atoms with Crippen molar-refractivity contribution in [1.29, 1.82) is 0 Å². The molecule has 0 heterocycles. The maximum atomic E-state index is 13.1. The molecular weight excluding hydrogens is 285 g/mol. The summed E-state index contributed by atoms with van der Waals surface area (Å²) < 4.78 is 13.1. The molecule has 3 heteroatoms. The normalized spacial score (nSPS) is 12.4. The van der Waals surface area contributed by atoms with E-state index in [1.54, 1.807) is 6.07 Å². The second-order valence-electron chi connectivity index (χ2n) is 5.38. The van der Waals surface area contributed by atoms with Gasteiger partial charge in [0, 0.05) is 11.1 Å². The van der Waals surface area contributed by atoms with Gasteiger partial charge >= 0.3 is 0 Å². The minimum atomic E-state index is -0.290. The van der Waals surface area contributed by atoms with Crippen LogP contribution >= 0.6 is 11.6 Å². The molecule has 0 saturated heterocycles. The maximum Gasteiger partial charge on any atom is 0.124 e. The molecule has 0 aliphatic rings. The minimum absolute atomic E-state index is 0.290. The van der Waals surface area contributed by atoms with Crippen molar-refractivity contribution in [3.05, 3.63) is 70.0 Å². The average molecular weight is 306 g/mol. The van der Waals surface area contributed by atoms with Crippen LogP contribution in [0, 0.1) is 12.7 Å². The molecule has 0 aliphatic heterocycles. The second-order valence-corrected chi connectivity index (χ2v) is 5.79. The van der Waals surface area contributed by atoms with Crippen molar-refractivity contribution < 1.29 is 4.39 Å². The molecule has 1 atom stereocenters. The largest absolute Gasteiger partial charge is 0.314 e. The van der Waals surface area contributed by atoms with Gasteiger partial charge in [0.2, 0.25) is 0 Å². The van der Waals surface area contributed by atoms with Gasteiger partial charge in [-0.25, -0.2) is 4.39 Å². The Morgan fingerprint density at radius 2 is 1.81 bits per heavy atom. The van der Waals surface area contributed by atoms with Gasteiger partial charge < -0.3 is 5.32 Å².